The molecule has 0 aliphatic carbocycles. The lowest BCUT2D eigenvalue weighted by Gasteiger charge is -2.12. The number of nitrogens with zero attached hydrogens (tertiary/aromatic N) is 2. The Morgan fingerprint density at radius 2 is 1.83 bits per heavy atom. The van der Waals surface area contributed by atoms with Gasteiger partial charge in [-0.3, -0.25) is 4.79 Å². The van der Waals surface area contributed by atoms with Crippen molar-refractivity contribution in [1.29, 1.82) is 0 Å². The summed E-state index contributed by atoms with van der Waals surface area (Å²) in [6, 6.07) is 17.4. The summed E-state index contributed by atoms with van der Waals surface area (Å²) in [7, 11) is 3.92. The van der Waals surface area contributed by atoms with Gasteiger partial charge >= 0.3 is 0 Å². The molecule has 5 heteroatoms. The van der Waals surface area contributed by atoms with Crippen molar-refractivity contribution >= 4 is 17.8 Å². The van der Waals surface area contributed by atoms with Crippen molar-refractivity contribution in [2.24, 2.45) is 5.10 Å². The Kier molecular flexibility index (Phi) is 6.98. The first-order valence-corrected chi connectivity index (χ1v) is 7.88. The SMILES string of the molecule is CN(C)c1ccc(C(=O)N/N=C/CCOCc2ccccc2)cc1. The molecule has 0 heterocycles. The van der Waals surface area contributed by atoms with Gasteiger partial charge in [-0.1, -0.05) is 30.3 Å². The number of hydrogen-bond donors (Lipinski definition) is 1. The third kappa shape index (κ3) is 5.85. The molecule has 2 rings (SSSR count). The predicted molar refractivity (Wildman–Crippen MR) is 97.4 cm³/mol. The zero-order valence-corrected chi connectivity index (χ0v) is 14.1. The molecule has 0 aromatic heterocycles. The minimum Gasteiger partial charge on any atom is -0.378 e. The summed E-state index contributed by atoms with van der Waals surface area (Å²) in [5.41, 5.74) is 5.29. The maximum Gasteiger partial charge on any atom is 0.271 e. The Hall–Kier alpha value is -2.66. The minimum atomic E-state index is -0.221. The number of benzene rings is 2. The largest absolute Gasteiger partial charge is 0.378 e. The van der Waals surface area contributed by atoms with Gasteiger partial charge in [0.2, 0.25) is 0 Å². The summed E-state index contributed by atoms with van der Waals surface area (Å²) in [6.45, 7) is 1.14. The lowest BCUT2D eigenvalue weighted by atomic mass is 10.2. The highest BCUT2D eigenvalue weighted by Crippen LogP contribution is 2.11. The molecule has 1 amide bonds. The first-order chi connectivity index (χ1) is 11.7. The monoisotopic (exact) mass is 325 g/mol. The molecule has 0 bridgehead atoms. The molecule has 0 saturated heterocycles. The van der Waals surface area contributed by atoms with E-state index >= 15 is 0 Å². The number of hydrazone groups is 1. The van der Waals surface area contributed by atoms with E-state index in [-0.39, 0.29) is 5.91 Å². The van der Waals surface area contributed by atoms with Crippen LogP contribution in [0.1, 0.15) is 22.3 Å². The average Bonchev–Trinajstić information content (AvgIpc) is 2.61. The summed E-state index contributed by atoms with van der Waals surface area (Å²) in [6.07, 6.45) is 2.30. The lowest BCUT2D eigenvalue weighted by Crippen LogP contribution is -2.18. The molecular weight excluding hydrogens is 302 g/mol. The lowest BCUT2D eigenvalue weighted by molar-refractivity contribution is 0.0954. The summed E-state index contributed by atoms with van der Waals surface area (Å²) in [5.74, 6) is -0.221. The van der Waals surface area contributed by atoms with Gasteiger partial charge < -0.3 is 9.64 Å². The van der Waals surface area contributed by atoms with Gasteiger partial charge in [-0.15, -0.1) is 0 Å². The molecule has 2 aromatic rings. The van der Waals surface area contributed by atoms with Crippen LogP contribution in [0.4, 0.5) is 5.69 Å². The van der Waals surface area contributed by atoms with Crippen LogP contribution in [-0.4, -0.2) is 32.8 Å². The van der Waals surface area contributed by atoms with E-state index in [1.165, 1.54) is 0 Å². The van der Waals surface area contributed by atoms with E-state index in [0.29, 0.717) is 25.2 Å². The highest BCUT2D eigenvalue weighted by molar-refractivity contribution is 5.94. The Morgan fingerprint density at radius 3 is 2.50 bits per heavy atom. The zero-order chi connectivity index (χ0) is 17.2. The molecule has 0 spiro atoms. The average molecular weight is 325 g/mol. The summed E-state index contributed by atoms with van der Waals surface area (Å²) < 4.78 is 5.54. The third-order valence-electron chi connectivity index (χ3n) is 3.41. The van der Waals surface area contributed by atoms with E-state index in [1.54, 1.807) is 18.3 Å². The van der Waals surface area contributed by atoms with Gasteiger partial charge in [-0.05, 0) is 29.8 Å². The fourth-order valence-electron chi connectivity index (χ4n) is 2.04. The number of ether oxygens (including phenoxy) is 1. The number of carbonyl (C=O) groups excluding carboxylic acids is 1. The van der Waals surface area contributed by atoms with Gasteiger partial charge in [-0.25, -0.2) is 5.43 Å². The second-order valence-electron chi connectivity index (χ2n) is 5.52. The van der Waals surface area contributed by atoms with E-state index in [9.17, 15) is 4.79 Å². The van der Waals surface area contributed by atoms with E-state index in [1.807, 2.05) is 61.5 Å². The van der Waals surface area contributed by atoms with Crippen LogP contribution in [0.2, 0.25) is 0 Å². The molecule has 0 saturated carbocycles. The van der Waals surface area contributed by atoms with Gasteiger partial charge in [0, 0.05) is 38.0 Å². The summed E-state index contributed by atoms with van der Waals surface area (Å²) in [4.78, 5) is 13.9. The fourth-order valence-corrected chi connectivity index (χ4v) is 2.04. The molecule has 1 N–H and O–H groups in total. The number of rotatable bonds is 8. The van der Waals surface area contributed by atoms with E-state index < -0.39 is 0 Å². The highest BCUT2D eigenvalue weighted by atomic mass is 16.5. The molecule has 0 aliphatic rings. The molecule has 0 fully saturated rings. The van der Waals surface area contributed by atoms with Crippen LogP contribution in [0.5, 0.6) is 0 Å². The van der Waals surface area contributed by atoms with Crippen LogP contribution in [0.15, 0.2) is 59.7 Å². The van der Waals surface area contributed by atoms with Crippen molar-refractivity contribution in [3.05, 3.63) is 65.7 Å². The number of anilines is 1. The van der Waals surface area contributed by atoms with Crippen molar-refractivity contribution in [2.45, 2.75) is 13.0 Å². The Bertz CT molecular complexity index is 652. The Morgan fingerprint density at radius 1 is 1.12 bits per heavy atom. The summed E-state index contributed by atoms with van der Waals surface area (Å²) >= 11 is 0. The number of nitrogens with one attached hydrogen (secondary N) is 1. The van der Waals surface area contributed by atoms with Crippen LogP contribution in [0.3, 0.4) is 0 Å². The van der Waals surface area contributed by atoms with Gasteiger partial charge in [0.1, 0.15) is 0 Å². The maximum atomic E-state index is 11.9. The van der Waals surface area contributed by atoms with Crippen molar-refractivity contribution in [3.63, 3.8) is 0 Å². The Labute approximate surface area is 142 Å². The first kappa shape index (κ1) is 17.7. The van der Waals surface area contributed by atoms with Crippen LogP contribution in [-0.2, 0) is 11.3 Å². The second kappa shape index (κ2) is 9.47. The van der Waals surface area contributed by atoms with Crippen molar-refractivity contribution in [3.8, 4) is 0 Å². The van der Waals surface area contributed by atoms with Crippen LogP contribution >= 0.6 is 0 Å². The molecular formula is C19H23N3O2. The van der Waals surface area contributed by atoms with E-state index in [0.717, 1.165) is 11.3 Å². The van der Waals surface area contributed by atoms with E-state index in [2.05, 4.69) is 10.5 Å². The molecule has 24 heavy (non-hydrogen) atoms. The number of carbonyl (C=O) groups is 1. The molecule has 0 atom stereocenters. The molecule has 126 valence electrons. The smallest absolute Gasteiger partial charge is 0.271 e. The van der Waals surface area contributed by atoms with Gasteiger partial charge in [0.15, 0.2) is 0 Å². The third-order valence-corrected chi connectivity index (χ3v) is 3.41. The van der Waals surface area contributed by atoms with E-state index in [4.69, 9.17) is 4.74 Å². The standard InChI is InChI=1S/C19H23N3O2/c1-22(2)18-11-9-17(10-12-18)19(23)21-20-13-6-14-24-15-16-7-4-3-5-8-16/h3-5,7-13H,6,14-15H2,1-2H3,(H,21,23)/b20-13+. The molecule has 0 aliphatic heterocycles. The second-order valence-corrected chi connectivity index (χ2v) is 5.52. The van der Waals surface area contributed by atoms with Crippen molar-refractivity contribution < 1.29 is 9.53 Å². The molecule has 5 nitrogen and oxygen atoms in total. The highest BCUT2D eigenvalue weighted by Gasteiger charge is 2.04. The molecule has 0 unspecified atom stereocenters. The first-order valence-electron chi connectivity index (χ1n) is 7.88. The topological polar surface area (TPSA) is 53.9 Å². The minimum absolute atomic E-state index is 0.221. The Balaban J connectivity index is 1.65. The van der Waals surface area contributed by atoms with Crippen LogP contribution in [0.25, 0.3) is 0 Å². The fraction of sp³-hybridized carbons (Fsp3) is 0.263. The van der Waals surface area contributed by atoms with Gasteiger partial charge in [0.05, 0.1) is 13.2 Å². The molecule has 2 aromatic carbocycles. The summed E-state index contributed by atoms with van der Waals surface area (Å²) in [5, 5.41) is 3.93. The van der Waals surface area contributed by atoms with Gasteiger partial charge in [-0.2, -0.15) is 5.10 Å². The van der Waals surface area contributed by atoms with Crippen molar-refractivity contribution in [2.75, 3.05) is 25.6 Å². The zero-order valence-electron chi connectivity index (χ0n) is 14.1. The molecule has 0 radical (unpaired) electrons. The number of hydrogen-bond acceptors (Lipinski definition) is 4. The number of amides is 1. The van der Waals surface area contributed by atoms with Crippen molar-refractivity contribution in [1.82, 2.24) is 5.43 Å². The predicted octanol–water partition coefficient (Wildman–Crippen LogP) is 3.08. The normalized spacial score (nSPS) is 10.8. The van der Waals surface area contributed by atoms with Gasteiger partial charge in [0.25, 0.3) is 5.91 Å². The van der Waals surface area contributed by atoms with Crippen LogP contribution in [0, 0.1) is 0 Å². The maximum absolute atomic E-state index is 11.9. The quantitative estimate of drug-likeness (QED) is 0.461. The van der Waals surface area contributed by atoms with Crippen LogP contribution < -0.4 is 10.3 Å².